The van der Waals surface area contributed by atoms with E-state index < -0.39 is 0 Å². The van der Waals surface area contributed by atoms with Gasteiger partial charge in [0.05, 0.1) is 11.0 Å². The van der Waals surface area contributed by atoms with Gasteiger partial charge in [-0.25, -0.2) is 0 Å². The number of aromatic hydroxyl groups is 1. The van der Waals surface area contributed by atoms with Crippen molar-refractivity contribution in [2.45, 2.75) is 24.3 Å². The van der Waals surface area contributed by atoms with Crippen molar-refractivity contribution in [1.29, 1.82) is 0 Å². The summed E-state index contributed by atoms with van der Waals surface area (Å²) in [6.07, 6.45) is 0. The third-order valence-electron chi connectivity index (χ3n) is 3.93. The Morgan fingerprint density at radius 1 is 1.04 bits per heavy atom. The van der Waals surface area contributed by atoms with Crippen LogP contribution in [0.15, 0.2) is 58.8 Å². The average Bonchev–Trinajstić information content (AvgIpc) is 2.97. The SMILES string of the molecule is Cc1cccc(-c2nnc3n2N=C(c2ccc(O)cc2)[C@@H](C)S3)c1. The number of hydrogen-bond acceptors (Lipinski definition) is 5. The topological polar surface area (TPSA) is 63.3 Å². The fraction of sp³-hybridized carbons (Fsp3) is 0.167. The second-order valence-electron chi connectivity index (χ2n) is 5.78. The van der Waals surface area contributed by atoms with E-state index in [4.69, 9.17) is 5.10 Å². The van der Waals surface area contributed by atoms with Crippen molar-refractivity contribution in [3.05, 3.63) is 59.7 Å². The molecule has 0 bridgehead atoms. The molecule has 5 nitrogen and oxygen atoms in total. The minimum atomic E-state index is 0.164. The molecule has 2 heterocycles. The van der Waals surface area contributed by atoms with Crippen LogP contribution in [0, 0.1) is 6.92 Å². The zero-order valence-electron chi connectivity index (χ0n) is 13.3. The number of thioether (sulfide) groups is 1. The molecule has 1 aliphatic rings. The number of phenolic OH excluding ortho intramolecular Hbond substituents is 1. The Labute approximate surface area is 144 Å². The maximum Gasteiger partial charge on any atom is 0.213 e. The molecule has 0 amide bonds. The highest BCUT2D eigenvalue weighted by Gasteiger charge is 2.26. The molecule has 2 aromatic carbocycles. The van der Waals surface area contributed by atoms with Crippen LogP contribution in [0.5, 0.6) is 5.75 Å². The first kappa shape index (κ1) is 15.0. The van der Waals surface area contributed by atoms with Gasteiger partial charge in [-0.2, -0.15) is 9.78 Å². The van der Waals surface area contributed by atoms with Gasteiger partial charge in [0.2, 0.25) is 5.16 Å². The second kappa shape index (κ2) is 5.79. The smallest absolute Gasteiger partial charge is 0.213 e. The molecule has 1 N–H and O–H groups in total. The molecule has 0 aliphatic carbocycles. The lowest BCUT2D eigenvalue weighted by molar-refractivity contribution is 0.475. The molecule has 4 rings (SSSR count). The third kappa shape index (κ3) is 2.59. The molecule has 0 unspecified atom stereocenters. The third-order valence-corrected chi connectivity index (χ3v) is 4.97. The maximum atomic E-state index is 9.49. The van der Waals surface area contributed by atoms with E-state index >= 15 is 0 Å². The molecule has 1 aliphatic heterocycles. The number of benzene rings is 2. The van der Waals surface area contributed by atoms with Crippen molar-refractivity contribution in [1.82, 2.24) is 14.9 Å². The lowest BCUT2D eigenvalue weighted by Gasteiger charge is -2.20. The molecule has 0 saturated heterocycles. The number of rotatable bonds is 2. The largest absolute Gasteiger partial charge is 0.508 e. The van der Waals surface area contributed by atoms with Crippen molar-refractivity contribution in [3.8, 4) is 17.1 Å². The van der Waals surface area contributed by atoms with Crippen LogP contribution in [0.1, 0.15) is 18.1 Å². The van der Waals surface area contributed by atoms with Crippen LogP contribution in [0.3, 0.4) is 0 Å². The second-order valence-corrected chi connectivity index (χ2v) is 7.09. The summed E-state index contributed by atoms with van der Waals surface area (Å²) in [6, 6.07) is 15.3. The average molecular weight is 336 g/mol. The van der Waals surface area contributed by atoms with Gasteiger partial charge in [-0.1, -0.05) is 35.5 Å². The Kier molecular flexibility index (Phi) is 3.61. The van der Waals surface area contributed by atoms with E-state index in [1.807, 2.05) is 28.9 Å². The van der Waals surface area contributed by atoms with Crippen LogP contribution in [-0.2, 0) is 0 Å². The quantitative estimate of drug-likeness (QED) is 0.775. The van der Waals surface area contributed by atoms with E-state index in [-0.39, 0.29) is 11.0 Å². The van der Waals surface area contributed by atoms with Gasteiger partial charge in [-0.15, -0.1) is 10.2 Å². The molecule has 0 saturated carbocycles. The minimum absolute atomic E-state index is 0.164. The highest BCUT2D eigenvalue weighted by Crippen LogP contribution is 2.33. The van der Waals surface area contributed by atoms with Gasteiger partial charge < -0.3 is 5.11 Å². The van der Waals surface area contributed by atoms with Crippen LogP contribution >= 0.6 is 11.8 Å². The molecule has 120 valence electrons. The monoisotopic (exact) mass is 336 g/mol. The molecular formula is C18H16N4OS. The number of nitrogens with zero attached hydrogens (tertiary/aromatic N) is 4. The van der Waals surface area contributed by atoms with E-state index in [9.17, 15) is 5.11 Å². The molecule has 6 heteroatoms. The van der Waals surface area contributed by atoms with Gasteiger partial charge in [-0.05, 0) is 49.7 Å². The fourth-order valence-corrected chi connectivity index (χ4v) is 3.65. The first-order chi connectivity index (χ1) is 11.6. The molecule has 0 fully saturated rings. The summed E-state index contributed by atoms with van der Waals surface area (Å²) < 4.78 is 1.81. The molecule has 1 atom stereocenters. The number of fused-ring (bicyclic) bond motifs is 1. The van der Waals surface area contributed by atoms with Crippen molar-refractivity contribution in [3.63, 3.8) is 0 Å². The first-order valence-corrected chi connectivity index (χ1v) is 8.57. The summed E-state index contributed by atoms with van der Waals surface area (Å²) in [5.74, 6) is 0.991. The summed E-state index contributed by atoms with van der Waals surface area (Å²) in [5, 5.41) is 23.9. The summed E-state index contributed by atoms with van der Waals surface area (Å²) in [5.41, 5.74) is 4.10. The Morgan fingerprint density at radius 3 is 2.58 bits per heavy atom. The van der Waals surface area contributed by atoms with Gasteiger partial charge in [-0.3, -0.25) is 0 Å². The lowest BCUT2D eigenvalue weighted by atomic mass is 10.1. The minimum Gasteiger partial charge on any atom is -0.508 e. The van der Waals surface area contributed by atoms with E-state index in [2.05, 4.69) is 36.2 Å². The number of aryl methyl sites for hydroxylation is 1. The van der Waals surface area contributed by atoms with Crippen molar-refractivity contribution >= 4 is 17.5 Å². The molecule has 1 aromatic heterocycles. The summed E-state index contributed by atoms with van der Waals surface area (Å²) in [6.45, 7) is 4.15. The Hall–Kier alpha value is -2.60. The van der Waals surface area contributed by atoms with Gasteiger partial charge in [0.25, 0.3) is 0 Å². The number of aromatic nitrogens is 3. The predicted octanol–water partition coefficient (Wildman–Crippen LogP) is 3.71. The maximum absolute atomic E-state index is 9.49. The summed E-state index contributed by atoms with van der Waals surface area (Å²) in [4.78, 5) is 0. The van der Waals surface area contributed by atoms with Crippen LogP contribution < -0.4 is 0 Å². The normalized spacial score (nSPS) is 16.6. The van der Waals surface area contributed by atoms with E-state index in [1.165, 1.54) is 5.56 Å². The molecule has 0 radical (unpaired) electrons. The highest BCUT2D eigenvalue weighted by molar-refractivity contribution is 8.00. The Bertz CT molecular complexity index is 930. The van der Waals surface area contributed by atoms with Gasteiger partial charge in [0.1, 0.15) is 5.75 Å². The van der Waals surface area contributed by atoms with Gasteiger partial charge >= 0.3 is 0 Å². The molecule has 24 heavy (non-hydrogen) atoms. The zero-order valence-corrected chi connectivity index (χ0v) is 14.2. The zero-order chi connectivity index (χ0) is 16.7. The highest BCUT2D eigenvalue weighted by atomic mass is 32.2. The molecular weight excluding hydrogens is 320 g/mol. The van der Waals surface area contributed by atoms with Crippen LogP contribution in [-0.4, -0.2) is 30.9 Å². The Balaban J connectivity index is 1.83. The number of hydrogen-bond donors (Lipinski definition) is 1. The Morgan fingerprint density at radius 2 is 1.83 bits per heavy atom. The lowest BCUT2D eigenvalue weighted by Crippen LogP contribution is -2.21. The fourth-order valence-electron chi connectivity index (χ4n) is 2.72. The van der Waals surface area contributed by atoms with Crippen LogP contribution in [0.4, 0.5) is 0 Å². The van der Waals surface area contributed by atoms with Crippen LogP contribution in [0.25, 0.3) is 11.4 Å². The standard InChI is InChI=1S/C18H16N4OS/c1-11-4-3-5-14(10-11)17-19-20-18-22(17)21-16(12(2)24-18)13-6-8-15(23)9-7-13/h3-10,12,23H,1-2H3/t12-/m1/s1. The van der Waals surface area contributed by atoms with Crippen LogP contribution in [0.2, 0.25) is 0 Å². The molecule has 0 spiro atoms. The van der Waals surface area contributed by atoms with Gasteiger partial charge in [0.15, 0.2) is 5.82 Å². The summed E-state index contributed by atoms with van der Waals surface area (Å²) >= 11 is 1.63. The van der Waals surface area contributed by atoms with E-state index in [0.29, 0.717) is 0 Å². The summed E-state index contributed by atoms with van der Waals surface area (Å²) in [7, 11) is 0. The van der Waals surface area contributed by atoms with Crippen molar-refractivity contribution in [2.75, 3.05) is 0 Å². The van der Waals surface area contributed by atoms with E-state index in [1.54, 1.807) is 23.9 Å². The molecule has 3 aromatic rings. The van der Waals surface area contributed by atoms with E-state index in [0.717, 1.165) is 27.8 Å². The van der Waals surface area contributed by atoms with Crippen molar-refractivity contribution < 1.29 is 5.11 Å². The predicted molar refractivity (Wildman–Crippen MR) is 95.6 cm³/mol. The first-order valence-electron chi connectivity index (χ1n) is 7.69. The number of phenols is 1. The van der Waals surface area contributed by atoms with Gasteiger partial charge in [0, 0.05) is 5.56 Å². The van der Waals surface area contributed by atoms with Crippen molar-refractivity contribution in [2.24, 2.45) is 5.10 Å².